The number of halogens is 1. The first kappa shape index (κ1) is 6.52. The van der Waals surface area contributed by atoms with Gasteiger partial charge in [-0.05, 0) is 28.6 Å². The monoisotopic (exact) mass is 248 g/mol. The molecule has 0 amide bonds. The lowest BCUT2D eigenvalue weighted by molar-refractivity contribution is 0.668. The second-order valence-corrected chi connectivity index (χ2v) is 4.14. The number of nitrogens with one attached hydrogen (secondary N) is 1. The average Bonchev–Trinajstić information content (AvgIpc) is 2.05. The molecule has 3 heteroatoms. The molecule has 0 fully saturated rings. The first-order valence-corrected chi connectivity index (χ1v) is 5.65. The summed E-state index contributed by atoms with van der Waals surface area (Å²) >= 11 is -0.00719. The number of hydrogen-bond acceptors (Lipinski definition) is 2. The van der Waals surface area contributed by atoms with Crippen molar-refractivity contribution in [2.24, 2.45) is 3.15 Å². The fourth-order valence-electron chi connectivity index (χ4n) is 1.15. The maximum atomic E-state index is 4.44. The van der Waals surface area contributed by atoms with E-state index in [0.717, 1.165) is 6.54 Å². The van der Waals surface area contributed by atoms with Crippen molar-refractivity contribution in [2.45, 2.75) is 12.8 Å². The molecule has 0 spiro atoms. The molecule has 54 valence electrons. The normalized spacial score (nSPS) is 23.2. The lowest BCUT2D eigenvalue weighted by Crippen LogP contribution is -2.19. The first-order chi connectivity index (χ1) is 4.97. The van der Waals surface area contributed by atoms with E-state index in [0.29, 0.717) is 0 Å². The third-order valence-electron chi connectivity index (χ3n) is 1.67. The summed E-state index contributed by atoms with van der Waals surface area (Å²) in [5.41, 5.74) is 1.41. The highest BCUT2D eigenvalue weighted by atomic mass is 127. The molecular formula is C7H9IN2. The van der Waals surface area contributed by atoms with Crippen molar-refractivity contribution in [3.8, 4) is 0 Å². The third kappa shape index (κ3) is 1.14. The average molecular weight is 248 g/mol. The standard InChI is InChI=1S/C7H9IN2/c1-2-6-3-4-8-10-7(6)9-5-1/h3-4H,1-2,5H2,(H,9,10). The molecule has 0 atom stereocenters. The largest absolute Gasteiger partial charge is 0.369 e. The minimum absolute atomic E-state index is 0.00719. The van der Waals surface area contributed by atoms with Crippen LogP contribution in [0, 0.1) is 0 Å². The van der Waals surface area contributed by atoms with Crippen LogP contribution in [0.25, 0.3) is 0 Å². The van der Waals surface area contributed by atoms with E-state index in [1.54, 1.807) is 0 Å². The Hall–Kier alpha value is -0.190. The zero-order chi connectivity index (χ0) is 6.81. The van der Waals surface area contributed by atoms with Gasteiger partial charge in [-0.1, -0.05) is 0 Å². The molecule has 0 saturated heterocycles. The Morgan fingerprint density at radius 1 is 1.60 bits per heavy atom. The maximum Gasteiger partial charge on any atom is 0.135 e. The van der Waals surface area contributed by atoms with Gasteiger partial charge in [0, 0.05) is 27.6 Å². The van der Waals surface area contributed by atoms with Crippen molar-refractivity contribution in [2.75, 3.05) is 6.54 Å². The predicted molar refractivity (Wildman–Crippen MR) is 49.9 cm³/mol. The van der Waals surface area contributed by atoms with Crippen molar-refractivity contribution in [3.05, 3.63) is 21.6 Å². The molecular weight excluding hydrogens is 239 g/mol. The Labute approximate surface area is 70.5 Å². The summed E-state index contributed by atoms with van der Waals surface area (Å²) in [4.78, 5) is 0. The van der Waals surface area contributed by atoms with Gasteiger partial charge >= 0.3 is 0 Å². The molecule has 0 saturated carbocycles. The minimum Gasteiger partial charge on any atom is -0.369 e. The van der Waals surface area contributed by atoms with E-state index in [2.05, 4.69) is 18.6 Å². The second-order valence-electron chi connectivity index (χ2n) is 2.38. The summed E-state index contributed by atoms with van der Waals surface area (Å²) in [7, 11) is 0. The van der Waals surface area contributed by atoms with Gasteiger partial charge in [0.25, 0.3) is 0 Å². The fraction of sp³-hybridized carbons (Fsp3) is 0.429. The number of nitrogens with zero attached hydrogens (tertiary/aromatic N) is 1. The maximum absolute atomic E-state index is 4.44. The highest BCUT2D eigenvalue weighted by molar-refractivity contribution is 14.2. The van der Waals surface area contributed by atoms with E-state index in [4.69, 9.17) is 0 Å². The van der Waals surface area contributed by atoms with E-state index in [-0.39, 0.29) is 21.0 Å². The van der Waals surface area contributed by atoms with Gasteiger partial charge in [0.2, 0.25) is 0 Å². The van der Waals surface area contributed by atoms with Crippen LogP contribution in [-0.4, -0.2) is 6.54 Å². The van der Waals surface area contributed by atoms with Gasteiger partial charge in [0.05, 0.1) is 0 Å². The highest BCUT2D eigenvalue weighted by Crippen LogP contribution is 2.25. The van der Waals surface area contributed by atoms with Gasteiger partial charge in [-0.3, -0.25) is 0 Å². The first-order valence-electron chi connectivity index (χ1n) is 3.44. The predicted octanol–water partition coefficient (Wildman–Crippen LogP) is 2.26. The summed E-state index contributed by atoms with van der Waals surface area (Å²) in [5, 5.41) is 3.31. The quantitative estimate of drug-likeness (QED) is 0.653. The van der Waals surface area contributed by atoms with Crippen LogP contribution in [0.15, 0.2) is 24.7 Å². The zero-order valence-corrected chi connectivity index (χ0v) is 7.76. The summed E-state index contributed by atoms with van der Waals surface area (Å²) in [6, 6.07) is 0. The Kier molecular flexibility index (Phi) is 1.84. The van der Waals surface area contributed by atoms with Gasteiger partial charge in [-0.2, -0.15) is 0 Å². The Bertz CT molecular complexity index is 204. The van der Waals surface area contributed by atoms with Gasteiger partial charge in [-0.15, -0.1) is 0 Å². The molecule has 2 heterocycles. The summed E-state index contributed by atoms with van der Waals surface area (Å²) in [6.07, 6.45) is 4.71. The topological polar surface area (TPSA) is 24.4 Å². The van der Waals surface area contributed by atoms with Gasteiger partial charge in [0.1, 0.15) is 5.82 Å². The fourth-order valence-corrected chi connectivity index (χ4v) is 2.66. The van der Waals surface area contributed by atoms with Crippen molar-refractivity contribution in [3.63, 3.8) is 0 Å². The van der Waals surface area contributed by atoms with Crippen LogP contribution < -0.4 is 5.32 Å². The van der Waals surface area contributed by atoms with Crippen LogP contribution >= 0.6 is 21.0 Å². The number of allylic oxidation sites excluding steroid dienone is 2. The molecule has 2 aliphatic heterocycles. The van der Waals surface area contributed by atoms with Crippen LogP contribution in [0.5, 0.6) is 0 Å². The van der Waals surface area contributed by atoms with Crippen LogP contribution in [0.2, 0.25) is 0 Å². The SMILES string of the molecule is C1=CC2=C(N=I1)NCCC2. The molecule has 0 aliphatic carbocycles. The van der Waals surface area contributed by atoms with E-state index in [1.807, 2.05) is 0 Å². The number of rotatable bonds is 0. The van der Waals surface area contributed by atoms with Crippen molar-refractivity contribution in [1.82, 2.24) is 5.32 Å². The summed E-state index contributed by atoms with van der Waals surface area (Å²) in [6.45, 7) is 1.11. The van der Waals surface area contributed by atoms with Gasteiger partial charge in [0.15, 0.2) is 0 Å². The van der Waals surface area contributed by atoms with E-state index in [9.17, 15) is 0 Å². The highest BCUT2D eigenvalue weighted by Gasteiger charge is 2.09. The minimum atomic E-state index is -0.00719. The molecule has 2 nitrogen and oxygen atoms in total. The molecule has 0 aromatic carbocycles. The van der Waals surface area contributed by atoms with Gasteiger partial charge < -0.3 is 5.32 Å². The molecule has 0 radical (unpaired) electrons. The third-order valence-corrected chi connectivity index (χ3v) is 3.12. The molecule has 10 heavy (non-hydrogen) atoms. The second kappa shape index (κ2) is 2.82. The molecule has 1 N–H and O–H groups in total. The van der Waals surface area contributed by atoms with Gasteiger partial charge in [-0.25, -0.2) is 3.15 Å². The molecule has 0 aromatic heterocycles. The van der Waals surface area contributed by atoms with Crippen LogP contribution in [-0.2, 0) is 0 Å². The zero-order valence-electron chi connectivity index (χ0n) is 5.60. The molecule has 2 rings (SSSR count). The smallest absolute Gasteiger partial charge is 0.135 e. The van der Waals surface area contributed by atoms with Crippen LogP contribution in [0.1, 0.15) is 12.8 Å². The molecule has 0 aromatic rings. The lowest BCUT2D eigenvalue weighted by atomic mass is 10.1. The van der Waals surface area contributed by atoms with E-state index in [1.165, 1.54) is 24.2 Å². The summed E-state index contributed by atoms with van der Waals surface area (Å²) < 4.78 is 6.67. The Balaban J connectivity index is 2.33. The molecule has 0 bridgehead atoms. The van der Waals surface area contributed by atoms with E-state index >= 15 is 0 Å². The number of hydrogen-bond donors (Lipinski definition) is 1. The van der Waals surface area contributed by atoms with Crippen molar-refractivity contribution in [1.29, 1.82) is 0 Å². The lowest BCUT2D eigenvalue weighted by Gasteiger charge is -2.17. The van der Waals surface area contributed by atoms with Crippen LogP contribution in [0.3, 0.4) is 0 Å². The summed E-state index contributed by atoms with van der Waals surface area (Å²) in [5.74, 6) is 1.18. The Morgan fingerprint density at radius 3 is 3.50 bits per heavy atom. The molecule has 2 aliphatic rings. The Morgan fingerprint density at radius 2 is 2.60 bits per heavy atom. The van der Waals surface area contributed by atoms with Crippen LogP contribution in [0.4, 0.5) is 0 Å². The molecule has 0 unspecified atom stereocenters. The van der Waals surface area contributed by atoms with E-state index < -0.39 is 0 Å². The van der Waals surface area contributed by atoms with Crippen molar-refractivity contribution < 1.29 is 0 Å². The van der Waals surface area contributed by atoms with Crippen molar-refractivity contribution >= 4 is 21.0 Å².